The van der Waals surface area contributed by atoms with E-state index in [1.54, 1.807) is 0 Å². The number of nitrogens with zero attached hydrogens (tertiary/aromatic N) is 4. The number of aryl methyl sites for hydroxylation is 1. The van der Waals surface area contributed by atoms with Crippen molar-refractivity contribution in [2.75, 3.05) is 20.1 Å². The average Bonchev–Trinajstić information content (AvgIpc) is 2.86. The number of hydrogen-bond donors (Lipinski definition) is 0. The van der Waals surface area contributed by atoms with Crippen LogP contribution in [-0.4, -0.2) is 39.8 Å². The van der Waals surface area contributed by atoms with Gasteiger partial charge in [-0.05, 0) is 38.8 Å². The van der Waals surface area contributed by atoms with Gasteiger partial charge in [0.2, 0.25) is 0 Å². The molecule has 0 radical (unpaired) electrons. The van der Waals surface area contributed by atoms with Crippen LogP contribution in [0, 0.1) is 5.92 Å². The zero-order chi connectivity index (χ0) is 11.8. The van der Waals surface area contributed by atoms with Gasteiger partial charge in [-0.25, -0.2) is 9.67 Å². The maximum absolute atomic E-state index is 4.75. The van der Waals surface area contributed by atoms with E-state index < -0.39 is 0 Å². The zero-order valence-corrected chi connectivity index (χ0v) is 10.9. The highest BCUT2D eigenvalue weighted by atomic mass is 15.4. The van der Waals surface area contributed by atoms with Crippen molar-refractivity contribution in [3.8, 4) is 0 Å². The van der Waals surface area contributed by atoms with Crippen molar-refractivity contribution in [1.82, 2.24) is 19.7 Å². The van der Waals surface area contributed by atoms with Gasteiger partial charge < -0.3 is 4.90 Å². The number of hydrogen-bond acceptors (Lipinski definition) is 3. The first-order chi connectivity index (χ1) is 8.22. The molecule has 1 aromatic rings. The molecule has 0 amide bonds. The number of aromatic nitrogens is 3. The van der Waals surface area contributed by atoms with Gasteiger partial charge in [0, 0.05) is 25.4 Å². The van der Waals surface area contributed by atoms with E-state index in [0.29, 0.717) is 5.92 Å². The van der Waals surface area contributed by atoms with Crippen molar-refractivity contribution in [3.63, 3.8) is 0 Å². The van der Waals surface area contributed by atoms with Crippen LogP contribution in [0.5, 0.6) is 0 Å². The molecule has 4 nitrogen and oxygen atoms in total. The monoisotopic (exact) mass is 234 g/mol. The van der Waals surface area contributed by atoms with Gasteiger partial charge in [-0.1, -0.05) is 6.92 Å². The molecule has 3 heterocycles. The lowest BCUT2D eigenvalue weighted by Crippen LogP contribution is -2.15. The first-order valence-corrected chi connectivity index (χ1v) is 6.84. The molecule has 2 unspecified atom stereocenters. The molecule has 0 N–H and O–H groups in total. The van der Waals surface area contributed by atoms with Crippen LogP contribution in [0.25, 0.3) is 0 Å². The first-order valence-electron chi connectivity index (χ1n) is 6.84. The van der Waals surface area contributed by atoms with E-state index in [2.05, 4.69) is 28.7 Å². The van der Waals surface area contributed by atoms with Gasteiger partial charge in [-0.3, -0.25) is 0 Å². The van der Waals surface area contributed by atoms with Crippen LogP contribution in [0.2, 0.25) is 0 Å². The van der Waals surface area contributed by atoms with Gasteiger partial charge in [0.15, 0.2) is 5.82 Å². The van der Waals surface area contributed by atoms with Crippen molar-refractivity contribution in [3.05, 3.63) is 11.6 Å². The summed E-state index contributed by atoms with van der Waals surface area (Å²) in [7, 11) is 2.20. The standard InChI is InChI=1S/C13H22N4/c1-10-4-3-6-17-13(10)14-12(15-17)8-11-5-7-16(2)9-11/h10-11H,3-9H2,1-2H3. The SMILES string of the molecule is CC1CCCn2nc(CC3CCN(C)C3)nc21. The molecular formula is C13H22N4. The van der Waals surface area contributed by atoms with Crippen LogP contribution >= 0.6 is 0 Å². The molecule has 1 fully saturated rings. The number of likely N-dealkylation sites (tertiary alicyclic amines) is 1. The molecular weight excluding hydrogens is 212 g/mol. The summed E-state index contributed by atoms with van der Waals surface area (Å²) in [5.41, 5.74) is 0. The van der Waals surface area contributed by atoms with Crippen LogP contribution in [0.15, 0.2) is 0 Å². The molecule has 94 valence electrons. The molecule has 17 heavy (non-hydrogen) atoms. The minimum absolute atomic E-state index is 0.594. The highest BCUT2D eigenvalue weighted by molar-refractivity contribution is 5.02. The zero-order valence-electron chi connectivity index (χ0n) is 10.9. The Labute approximate surface area is 103 Å². The second kappa shape index (κ2) is 4.41. The van der Waals surface area contributed by atoms with E-state index in [4.69, 9.17) is 4.98 Å². The maximum Gasteiger partial charge on any atom is 0.151 e. The van der Waals surface area contributed by atoms with E-state index in [-0.39, 0.29) is 0 Å². The Hall–Kier alpha value is -0.900. The first kappa shape index (κ1) is 11.2. The van der Waals surface area contributed by atoms with Crippen LogP contribution in [0.3, 0.4) is 0 Å². The van der Waals surface area contributed by atoms with Gasteiger partial charge >= 0.3 is 0 Å². The molecule has 1 aromatic heterocycles. The van der Waals surface area contributed by atoms with E-state index in [0.717, 1.165) is 24.7 Å². The summed E-state index contributed by atoms with van der Waals surface area (Å²) in [5.74, 6) is 3.66. The highest BCUT2D eigenvalue weighted by Gasteiger charge is 2.24. The molecule has 0 spiro atoms. The van der Waals surface area contributed by atoms with Gasteiger partial charge in [-0.15, -0.1) is 0 Å². The summed E-state index contributed by atoms with van der Waals surface area (Å²) in [6.45, 7) is 5.78. The molecule has 0 saturated carbocycles. The lowest BCUT2D eigenvalue weighted by atomic mass is 10.0. The van der Waals surface area contributed by atoms with E-state index in [1.165, 1.54) is 38.2 Å². The third-order valence-corrected chi connectivity index (χ3v) is 4.15. The van der Waals surface area contributed by atoms with Crippen LogP contribution in [0.1, 0.15) is 43.8 Å². The quantitative estimate of drug-likeness (QED) is 0.780. The highest BCUT2D eigenvalue weighted by Crippen LogP contribution is 2.25. The predicted molar refractivity (Wildman–Crippen MR) is 67.0 cm³/mol. The van der Waals surface area contributed by atoms with E-state index in [9.17, 15) is 0 Å². The smallest absolute Gasteiger partial charge is 0.151 e. The number of fused-ring (bicyclic) bond motifs is 1. The molecule has 2 atom stereocenters. The maximum atomic E-state index is 4.75. The fourth-order valence-electron chi connectivity index (χ4n) is 3.15. The van der Waals surface area contributed by atoms with Crippen molar-refractivity contribution in [1.29, 1.82) is 0 Å². The summed E-state index contributed by atoms with van der Waals surface area (Å²) in [5, 5.41) is 4.68. The predicted octanol–water partition coefficient (Wildman–Crippen LogP) is 1.67. The molecule has 0 aromatic carbocycles. The van der Waals surface area contributed by atoms with Crippen LogP contribution < -0.4 is 0 Å². The molecule has 1 saturated heterocycles. The average molecular weight is 234 g/mol. The molecule has 2 aliphatic heterocycles. The molecule has 2 aliphatic rings. The Morgan fingerprint density at radius 3 is 2.88 bits per heavy atom. The fourth-order valence-corrected chi connectivity index (χ4v) is 3.15. The summed E-state index contributed by atoms with van der Waals surface area (Å²) in [6, 6.07) is 0. The van der Waals surface area contributed by atoms with E-state index in [1.807, 2.05) is 0 Å². The summed E-state index contributed by atoms with van der Waals surface area (Å²) in [4.78, 5) is 7.16. The summed E-state index contributed by atoms with van der Waals surface area (Å²) < 4.78 is 2.14. The third-order valence-electron chi connectivity index (χ3n) is 4.15. The molecule has 0 aliphatic carbocycles. The van der Waals surface area contributed by atoms with Crippen molar-refractivity contribution >= 4 is 0 Å². The minimum atomic E-state index is 0.594. The Kier molecular flexibility index (Phi) is 2.90. The lowest BCUT2D eigenvalue weighted by Gasteiger charge is -2.17. The largest absolute Gasteiger partial charge is 0.306 e. The third kappa shape index (κ3) is 2.23. The minimum Gasteiger partial charge on any atom is -0.306 e. The second-order valence-electron chi connectivity index (χ2n) is 5.77. The Bertz CT molecular complexity index is 398. The topological polar surface area (TPSA) is 34.0 Å². The van der Waals surface area contributed by atoms with Gasteiger partial charge in [-0.2, -0.15) is 5.10 Å². The van der Waals surface area contributed by atoms with Crippen molar-refractivity contribution in [2.45, 2.75) is 45.1 Å². The van der Waals surface area contributed by atoms with Gasteiger partial charge in [0.25, 0.3) is 0 Å². The van der Waals surface area contributed by atoms with Crippen LogP contribution in [0.4, 0.5) is 0 Å². The molecule has 3 rings (SSSR count). The number of rotatable bonds is 2. The lowest BCUT2D eigenvalue weighted by molar-refractivity contribution is 0.392. The van der Waals surface area contributed by atoms with Crippen molar-refractivity contribution < 1.29 is 0 Å². The Morgan fingerprint density at radius 1 is 1.29 bits per heavy atom. The van der Waals surface area contributed by atoms with Gasteiger partial charge in [0.05, 0.1) is 0 Å². The van der Waals surface area contributed by atoms with Gasteiger partial charge in [0.1, 0.15) is 5.82 Å². The fraction of sp³-hybridized carbons (Fsp3) is 0.846. The second-order valence-corrected chi connectivity index (χ2v) is 5.77. The molecule has 4 heteroatoms. The van der Waals surface area contributed by atoms with Crippen molar-refractivity contribution in [2.24, 2.45) is 5.92 Å². The van der Waals surface area contributed by atoms with Crippen LogP contribution in [-0.2, 0) is 13.0 Å². The summed E-state index contributed by atoms with van der Waals surface area (Å²) in [6.07, 6.45) is 4.89. The molecule has 0 bridgehead atoms. The Balaban J connectivity index is 1.72. The normalized spacial score (nSPS) is 29.5. The summed E-state index contributed by atoms with van der Waals surface area (Å²) >= 11 is 0. The van der Waals surface area contributed by atoms with E-state index >= 15 is 0 Å². The Morgan fingerprint density at radius 2 is 2.18 bits per heavy atom.